The molecule has 0 N–H and O–H groups in total. The lowest BCUT2D eigenvalue weighted by Crippen LogP contribution is -2.22. The van der Waals surface area contributed by atoms with E-state index < -0.39 is 0 Å². The summed E-state index contributed by atoms with van der Waals surface area (Å²) in [6, 6.07) is 0. The monoisotopic (exact) mass is 238 g/mol. The van der Waals surface area contributed by atoms with Crippen LogP contribution in [0.25, 0.3) is 0 Å². The van der Waals surface area contributed by atoms with Gasteiger partial charge in [0.05, 0.1) is 0 Å². The maximum Gasteiger partial charge on any atom is 0.136 e. The van der Waals surface area contributed by atoms with Gasteiger partial charge in [0.1, 0.15) is 5.78 Å². The second kappa shape index (κ2) is 2.99. The zero-order valence-corrected chi connectivity index (χ0v) is 7.72. The third-order valence-electron chi connectivity index (χ3n) is 1.89. The topological polar surface area (TPSA) is 17.1 Å². The van der Waals surface area contributed by atoms with Crippen molar-refractivity contribution in [2.24, 2.45) is 5.92 Å². The van der Waals surface area contributed by atoms with Crippen molar-refractivity contribution in [2.45, 2.75) is 30.1 Å². The van der Waals surface area contributed by atoms with Gasteiger partial charge in [-0.2, -0.15) is 0 Å². The van der Waals surface area contributed by atoms with Crippen LogP contribution in [0.2, 0.25) is 0 Å². The molecule has 2 unspecified atom stereocenters. The largest absolute Gasteiger partial charge is 0.299 e. The van der Waals surface area contributed by atoms with Crippen molar-refractivity contribution in [3.05, 3.63) is 0 Å². The average molecular weight is 238 g/mol. The van der Waals surface area contributed by atoms with Crippen LogP contribution in [0, 0.1) is 5.92 Å². The van der Waals surface area contributed by atoms with Crippen molar-refractivity contribution in [3.8, 4) is 0 Å². The molecule has 0 spiro atoms. The fraction of sp³-hybridized carbons (Fsp3) is 0.857. The van der Waals surface area contributed by atoms with Gasteiger partial charge in [-0.15, -0.1) is 0 Å². The van der Waals surface area contributed by atoms with Crippen LogP contribution in [-0.4, -0.2) is 9.71 Å². The van der Waals surface area contributed by atoms with Crippen LogP contribution in [0.1, 0.15) is 26.2 Å². The van der Waals surface area contributed by atoms with Crippen molar-refractivity contribution < 1.29 is 4.79 Å². The van der Waals surface area contributed by atoms with E-state index in [0.29, 0.717) is 15.6 Å². The molecule has 0 saturated heterocycles. The minimum atomic E-state index is 0.344. The molecule has 0 aromatic carbocycles. The average Bonchev–Trinajstić information content (AvgIpc) is 1.80. The first-order chi connectivity index (χ1) is 4.20. The quantitative estimate of drug-likeness (QED) is 0.467. The van der Waals surface area contributed by atoms with Gasteiger partial charge in [-0.05, 0) is 12.8 Å². The Kier molecular flexibility index (Phi) is 2.50. The third kappa shape index (κ3) is 1.92. The van der Waals surface area contributed by atoms with Gasteiger partial charge in [-0.1, -0.05) is 29.5 Å². The van der Waals surface area contributed by atoms with Crippen molar-refractivity contribution in [3.63, 3.8) is 0 Å². The van der Waals surface area contributed by atoms with E-state index in [-0.39, 0.29) is 0 Å². The van der Waals surface area contributed by atoms with Crippen LogP contribution in [0.3, 0.4) is 0 Å². The van der Waals surface area contributed by atoms with Crippen molar-refractivity contribution in [2.75, 3.05) is 0 Å². The summed E-state index contributed by atoms with van der Waals surface area (Å²) >= 11 is 2.36. The highest BCUT2D eigenvalue weighted by Crippen LogP contribution is 2.25. The van der Waals surface area contributed by atoms with E-state index in [0.717, 1.165) is 12.8 Å². The van der Waals surface area contributed by atoms with Crippen LogP contribution in [0.5, 0.6) is 0 Å². The van der Waals surface area contributed by atoms with Crippen LogP contribution in [0.15, 0.2) is 0 Å². The Hall–Kier alpha value is 0.400. The van der Waals surface area contributed by atoms with Crippen LogP contribution >= 0.6 is 22.6 Å². The molecular formula is C7H11IO. The lowest BCUT2D eigenvalue weighted by Gasteiger charge is -2.20. The normalized spacial score (nSPS) is 36.9. The molecule has 0 radical (unpaired) electrons. The number of hydrogen-bond donors (Lipinski definition) is 0. The van der Waals surface area contributed by atoms with Gasteiger partial charge in [0.25, 0.3) is 0 Å². The van der Waals surface area contributed by atoms with E-state index in [2.05, 4.69) is 22.6 Å². The predicted molar refractivity (Wildman–Crippen MR) is 45.8 cm³/mol. The molecule has 1 saturated carbocycles. The van der Waals surface area contributed by atoms with E-state index in [1.165, 1.54) is 6.42 Å². The van der Waals surface area contributed by atoms with Gasteiger partial charge < -0.3 is 0 Å². The lowest BCUT2D eigenvalue weighted by atomic mass is 9.90. The molecule has 0 aromatic heterocycles. The molecule has 1 aliphatic rings. The Balaban J connectivity index is 2.44. The van der Waals surface area contributed by atoms with E-state index >= 15 is 0 Å². The lowest BCUT2D eigenvalue weighted by molar-refractivity contribution is -0.123. The number of halogens is 1. The third-order valence-corrected chi connectivity index (χ3v) is 2.95. The van der Waals surface area contributed by atoms with Gasteiger partial charge in [0, 0.05) is 16.3 Å². The molecule has 0 amide bonds. The summed E-state index contributed by atoms with van der Waals surface area (Å²) in [6.45, 7) is 2.03. The number of rotatable bonds is 0. The molecule has 2 heteroatoms. The highest BCUT2D eigenvalue weighted by Gasteiger charge is 2.22. The van der Waals surface area contributed by atoms with E-state index in [4.69, 9.17) is 0 Å². The number of Topliss-reactive ketones (excluding diaryl/α,β-unsaturated/α-hetero) is 1. The summed E-state index contributed by atoms with van der Waals surface area (Å²) in [4.78, 5) is 11.0. The first kappa shape index (κ1) is 7.51. The van der Waals surface area contributed by atoms with Gasteiger partial charge in [0.15, 0.2) is 0 Å². The number of carbonyl (C=O) groups excluding carboxylic acids is 1. The zero-order chi connectivity index (χ0) is 6.85. The summed E-state index contributed by atoms with van der Waals surface area (Å²) in [5.41, 5.74) is 0. The van der Waals surface area contributed by atoms with Gasteiger partial charge in [0.2, 0.25) is 0 Å². The standard InChI is InChI=1S/C7H11IO/c1-5-2-3-6(8)4-7(5)9/h5-6H,2-4H2,1H3. The SMILES string of the molecule is CC1CCC(I)CC1=O. The first-order valence-corrected chi connectivity index (χ1v) is 4.61. The van der Waals surface area contributed by atoms with Crippen LogP contribution in [-0.2, 0) is 4.79 Å². The van der Waals surface area contributed by atoms with Crippen LogP contribution in [0.4, 0.5) is 0 Å². The molecule has 1 rings (SSSR count). The van der Waals surface area contributed by atoms with E-state index in [1.807, 2.05) is 6.92 Å². The fourth-order valence-corrected chi connectivity index (χ4v) is 1.91. The minimum absolute atomic E-state index is 0.344. The summed E-state index contributed by atoms with van der Waals surface area (Å²) in [5.74, 6) is 0.802. The van der Waals surface area contributed by atoms with Crippen molar-refractivity contribution in [1.82, 2.24) is 0 Å². The summed E-state index contributed by atoms with van der Waals surface area (Å²) < 4.78 is 0.617. The highest BCUT2D eigenvalue weighted by atomic mass is 127. The van der Waals surface area contributed by atoms with Crippen LogP contribution < -0.4 is 0 Å². The Morgan fingerprint density at radius 2 is 2.22 bits per heavy atom. The van der Waals surface area contributed by atoms with E-state index in [1.54, 1.807) is 0 Å². The first-order valence-electron chi connectivity index (χ1n) is 3.37. The molecule has 1 fully saturated rings. The molecule has 1 nitrogen and oxygen atoms in total. The fourth-order valence-electron chi connectivity index (χ4n) is 1.11. The summed E-state index contributed by atoms with van der Waals surface area (Å²) in [7, 11) is 0. The molecule has 52 valence electrons. The molecule has 0 bridgehead atoms. The molecule has 1 aliphatic carbocycles. The molecule has 0 heterocycles. The smallest absolute Gasteiger partial charge is 0.136 e. The number of ketones is 1. The minimum Gasteiger partial charge on any atom is -0.299 e. The number of hydrogen-bond acceptors (Lipinski definition) is 1. The maximum absolute atomic E-state index is 11.0. The van der Waals surface area contributed by atoms with E-state index in [9.17, 15) is 4.79 Å². The molecule has 9 heavy (non-hydrogen) atoms. The Morgan fingerprint density at radius 1 is 1.56 bits per heavy atom. The molecule has 0 aromatic rings. The van der Waals surface area contributed by atoms with Gasteiger partial charge >= 0.3 is 0 Å². The summed E-state index contributed by atoms with van der Waals surface area (Å²) in [5, 5.41) is 0. The number of carbonyl (C=O) groups is 1. The Bertz CT molecular complexity index is 122. The number of alkyl halides is 1. The zero-order valence-electron chi connectivity index (χ0n) is 5.56. The van der Waals surface area contributed by atoms with Crippen molar-refractivity contribution >= 4 is 28.4 Å². The Labute approximate surface area is 69.3 Å². The molecule has 0 aliphatic heterocycles. The molecular weight excluding hydrogens is 227 g/mol. The van der Waals surface area contributed by atoms with Gasteiger partial charge in [-0.25, -0.2) is 0 Å². The van der Waals surface area contributed by atoms with Crippen molar-refractivity contribution in [1.29, 1.82) is 0 Å². The highest BCUT2D eigenvalue weighted by molar-refractivity contribution is 14.1. The summed E-state index contributed by atoms with van der Waals surface area (Å²) in [6.07, 6.45) is 3.14. The van der Waals surface area contributed by atoms with Gasteiger partial charge in [-0.3, -0.25) is 4.79 Å². The molecule has 2 atom stereocenters. The second-order valence-corrected chi connectivity index (χ2v) is 4.51. The predicted octanol–water partition coefficient (Wildman–Crippen LogP) is 2.18. The second-order valence-electron chi connectivity index (χ2n) is 2.75. The Morgan fingerprint density at radius 3 is 2.67 bits per heavy atom. The maximum atomic E-state index is 11.0.